The predicted molar refractivity (Wildman–Crippen MR) is 160 cm³/mol. The van der Waals surface area contributed by atoms with Gasteiger partial charge in [0.25, 0.3) is 0 Å². The average molecular weight is 523 g/mol. The molecule has 6 aromatic rings. The Balaban J connectivity index is 1.55. The Morgan fingerprint density at radius 2 is 0.878 bits per heavy atom. The second-order valence-corrected chi connectivity index (χ2v) is 10.1. The first-order valence-corrected chi connectivity index (χ1v) is 13.4. The molecule has 2 heterocycles. The highest BCUT2D eigenvalue weighted by Gasteiger charge is 2.46. The second-order valence-electron chi connectivity index (χ2n) is 10.1. The van der Waals surface area contributed by atoms with E-state index in [2.05, 4.69) is 119 Å². The Hall–Kier alpha value is -5.84. The lowest BCUT2D eigenvalue weighted by molar-refractivity contribution is 0.768. The third-order valence-electron chi connectivity index (χ3n) is 7.97. The summed E-state index contributed by atoms with van der Waals surface area (Å²) < 4.78 is 0. The Labute approximate surface area is 238 Å². The normalized spacial score (nSPS) is 12.5. The van der Waals surface area contributed by atoms with Crippen molar-refractivity contribution in [1.82, 2.24) is 9.97 Å². The van der Waals surface area contributed by atoms with Crippen molar-refractivity contribution < 1.29 is 0 Å². The molecule has 7 rings (SSSR count). The molecule has 0 N–H and O–H groups in total. The lowest BCUT2D eigenvalue weighted by atomic mass is 9.67. The van der Waals surface area contributed by atoms with Crippen LogP contribution in [0.4, 0.5) is 0 Å². The first kappa shape index (κ1) is 24.2. The maximum absolute atomic E-state index is 9.45. The third-order valence-corrected chi connectivity index (χ3v) is 7.97. The number of fused-ring (bicyclic) bond motifs is 3. The molecule has 1 aliphatic carbocycles. The predicted octanol–water partition coefficient (Wildman–Crippen LogP) is 7.92. The van der Waals surface area contributed by atoms with Gasteiger partial charge >= 0.3 is 0 Å². The summed E-state index contributed by atoms with van der Waals surface area (Å²) >= 11 is 0. The summed E-state index contributed by atoms with van der Waals surface area (Å²) in [6.45, 7) is 0. The number of nitrogens with zero attached hydrogens (tertiary/aromatic N) is 4. The Bertz CT molecular complexity index is 1870. The van der Waals surface area contributed by atoms with Gasteiger partial charge in [0.15, 0.2) is 0 Å². The van der Waals surface area contributed by atoms with Crippen LogP contribution in [-0.4, -0.2) is 9.97 Å². The second kappa shape index (κ2) is 9.72. The van der Waals surface area contributed by atoms with Gasteiger partial charge in [0.2, 0.25) is 0 Å². The minimum absolute atomic E-state index is 0.389. The molecular weight excluding hydrogens is 500 g/mol. The fourth-order valence-corrected chi connectivity index (χ4v) is 6.20. The van der Waals surface area contributed by atoms with Crippen LogP contribution in [0.2, 0.25) is 0 Å². The molecule has 0 unspecified atom stereocenters. The number of rotatable bonds is 4. The first-order valence-electron chi connectivity index (χ1n) is 13.4. The average Bonchev–Trinajstić information content (AvgIpc) is 3.35. The lowest BCUT2D eigenvalue weighted by Crippen LogP contribution is -2.28. The van der Waals surface area contributed by atoms with Crippen molar-refractivity contribution >= 4 is 0 Å². The first-order chi connectivity index (χ1) is 20.2. The molecule has 0 radical (unpaired) electrons. The summed E-state index contributed by atoms with van der Waals surface area (Å²) in [4.78, 5) is 8.33. The summed E-state index contributed by atoms with van der Waals surface area (Å²) in [6, 6.07) is 46.4. The molecule has 0 saturated carbocycles. The summed E-state index contributed by atoms with van der Waals surface area (Å²) in [5.74, 6) is 0. The van der Waals surface area contributed by atoms with Crippen molar-refractivity contribution in [3.8, 4) is 45.5 Å². The highest BCUT2D eigenvalue weighted by molar-refractivity contribution is 5.91. The molecule has 0 spiro atoms. The van der Waals surface area contributed by atoms with E-state index in [9.17, 15) is 10.5 Å². The van der Waals surface area contributed by atoms with E-state index >= 15 is 0 Å². The molecule has 0 fully saturated rings. The largest absolute Gasteiger partial charge is 0.246 e. The van der Waals surface area contributed by atoms with Crippen LogP contribution >= 0.6 is 0 Å². The Kier molecular flexibility index (Phi) is 5.74. The van der Waals surface area contributed by atoms with Crippen molar-refractivity contribution in [2.24, 2.45) is 0 Å². The van der Waals surface area contributed by atoms with Crippen molar-refractivity contribution in [3.05, 3.63) is 167 Å². The maximum atomic E-state index is 9.45. The molecule has 4 heteroatoms. The highest BCUT2D eigenvalue weighted by atomic mass is 14.7. The highest BCUT2D eigenvalue weighted by Crippen LogP contribution is 2.57. The van der Waals surface area contributed by atoms with Gasteiger partial charge in [-0.05, 0) is 92.0 Å². The van der Waals surface area contributed by atoms with Gasteiger partial charge < -0.3 is 0 Å². The zero-order valence-electron chi connectivity index (χ0n) is 22.0. The van der Waals surface area contributed by atoms with E-state index in [-0.39, 0.29) is 0 Å². The molecule has 4 aromatic carbocycles. The van der Waals surface area contributed by atoms with E-state index in [4.69, 9.17) is 0 Å². The van der Waals surface area contributed by atoms with E-state index in [1.54, 1.807) is 12.4 Å². The van der Waals surface area contributed by atoms with E-state index in [0.29, 0.717) is 11.4 Å². The molecule has 0 amide bonds. The molecule has 0 bridgehead atoms. The molecule has 1 aliphatic rings. The van der Waals surface area contributed by atoms with Crippen LogP contribution in [0, 0.1) is 22.7 Å². The van der Waals surface area contributed by atoms with Crippen molar-refractivity contribution in [3.63, 3.8) is 0 Å². The van der Waals surface area contributed by atoms with Crippen LogP contribution in [0.3, 0.4) is 0 Å². The standard InChI is InChI=1S/C37H22N4/c38-23-31-19-27(15-17-40-31)25-11-13-35-33(21-25)34-22-26(28-16-18-41-32(20-28)24-39)12-14-36(34)37(35,29-7-3-1-4-8-29)30-9-5-2-6-10-30/h1-22H. The van der Waals surface area contributed by atoms with Crippen LogP contribution < -0.4 is 0 Å². The molecule has 0 saturated heterocycles. The lowest BCUT2D eigenvalue weighted by Gasteiger charge is -2.34. The minimum Gasteiger partial charge on any atom is -0.246 e. The molecule has 190 valence electrons. The SMILES string of the molecule is N#Cc1cc(-c2ccc3c(c2)-c2cc(-c4ccnc(C#N)c4)ccc2C3(c2ccccc2)c2ccccc2)ccn1. The number of aromatic nitrogens is 2. The van der Waals surface area contributed by atoms with Crippen molar-refractivity contribution in [1.29, 1.82) is 10.5 Å². The Morgan fingerprint density at radius 3 is 1.29 bits per heavy atom. The van der Waals surface area contributed by atoms with Crippen molar-refractivity contribution in [2.45, 2.75) is 5.41 Å². The van der Waals surface area contributed by atoms with Gasteiger partial charge in [-0.25, -0.2) is 9.97 Å². The van der Waals surface area contributed by atoms with Gasteiger partial charge in [-0.3, -0.25) is 0 Å². The van der Waals surface area contributed by atoms with E-state index in [0.717, 1.165) is 33.4 Å². The maximum Gasteiger partial charge on any atom is 0.141 e. The van der Waals surface area contributed by atoms with Gasteiger partial charge in [-0.1, -0.05) is 84.9 Å². The molecule has 0 atom stereocenters. The van der Waals surface area contributed by atoms with Gasteiger partial charge in [0.1, 0.15) is 23.5 Å². The van der Waals surface area contributed by atoms with Crippen LogP contribution in [0.25, 0.3) is 33.4 Å². The summed E-state index contributed by atoms with van der Waals surface area (Å²) in [7, 11) is 0. The summed E-state index contributed by atoms with van der Waals surface area (Å²) in [5, 5.41) is 18.9. The Morgan fingerprint density at radius 1 is 0.463 bits per heavy atom. The topological polar surface area (TPSA) is 73.4 Å². The van der Waals surface area contributed by atoms with Gasteiger partial charge in [0.05, 0.1) is 5.41 Å². The quantitative estimate of drug-likeness (QED) is 0.235. The van der Waals surface area contributed by atoms with Crippen LogP contribution in [0.5, 0.6) is 0 Å². The number of nitriles is 2. The third kappa shape index (κ3) is 3.82. The molecular formula is C37H22N4. The molecule has 41 heavy (non-hydrogen) atoms. The summed E-state index contributed by atoms with van der Waals surface area (Å²) in [5.41, 5.74) is 11.3. The number of hydrogen-bond donors (Lipinski definition) is 0. The van der Waals surface area contributed by atoms with E-state index < -0.39 is 5.41 Å². The summed E-state index contributed by atoms with van der Waals surface area (Å²) in [6.07, 6.45) is 3.36. The number of benzene rings is 4. The number of pyridine rings is 2. The number of hydrogen-bond acceptors (Lipinski definition) is 4. The molecule has 0 aliphatic heterocycles. The van der Waals surface area contributed by atoms with E-state index in [1.807, 2.05) is 24.3 Å². The van der Waals surface area contributed by atoms with Gasteiger partial charge in [-0.15, -0.1) is 0 Å². The van der Waals surface area contributed by atoms with Crippen LogP contribution in [0.15, 0.2) is 134 Å². The molecule has 2 aromatic heterocycles. The zero-order valence-corrected chi connectivity index (χ0v) is 22.0. The zero-order chi connectivity index (χ0) is 27.8. The van der Waals surface area contributed by atoms with Gasteiger partial charge in [-0.2, -0.15) is 10.5 Å². The fourth-order valence-electron chi connectivity index (χ4n) is 6.20. The monoisotopic (exact) mass is 522 g/mol. The minimum atomic E-state index is -0.517. The van der Waals surface area contributed by atoms with Crippen LogP contribution in [0.1, 0.15) is 33.6 Å². The molecule has 4 nitrogen and oxygen atoms in total. The van der Waals surface area contributed by atoms with Crippen molar-refractivity contribution in [2.75, 3.05) is 0 Å². The van der Waals surface area contributed by atoms with Crippen LogP contribution in [-0.2, 0) is 5.41 Å². The smallest absolute Gasteiger partial charge is 0.141 e. The fraction of sp³-hybridized carbons (Fsp3) is 0.0270. The van der Waals surface area contributed by atoms with Gasteiger partial charge in [0, 0.05) is 12.4 Å². The van der Waals surface area contributed by atoms with E-state index in [1.165, 1.54) is 22.3 Å².